The molecular weight excluding hydrogens is 731 g/mol. The minimum atomic E-state index is -1.71. The molecule has 1 saturated heterocycles. The predicted octanol–water partition coefficient (Wildman–Crippen LogP) is 4.16. The summed E-state index contributed by atoms with van der Waals surface area (Å²) >= 11 is 0.947. The third kappa shape index (κ3) is 10.2. The highest BCUT2D eigenvalue weighted by atomic mass is 32.2. The number of hydrogen-bond acceptors (Lipinski definition) is 14. The van der Waals surface area contributed by atoms with Gasteiger partial charge >= 0.3 is 18.0 Å². The number of aromatic nitrogens is 1. The molecule has 53 heavy (non-hydrogen) atoms. The highest BCUT2D eigenvalue weighted by Crippen LogP contribution is 2.36. The SMILES string of the molecule is CCC1=C(C(=O)OCc2ccc(OC)cc2)N2C(=O)C(NC(=O)C(=NOC(C)(C)C(=O)OC(C)(C)C)c3csc(NC(=O)OC(C)(C)C)n3)C2S(=O)C1. The molecule has 1 aromatic carbocycles. The summed E-state index contributed by atoms with van der Waals surface area (Å²) in [6, 6.07) is 5.58. The number of hydrogen-bond donors (Lipinski definition) is 2. The maximum absolute atomic E-state index is 13.9. The standard InChI is InChI=1S/C35H45N5O11S2/c1-11-20-18-53(46)28-24(27(42)40(28)25(20)29(43)48-16-19-12-14-21(47-10)15-13-19)37-26(41)23(39-51-35(8,9)30(44)49-33(2,3)4)22-17-52-31(36-22)38-32(45)50-34(5,6)7/h12-15,17,24,28H,11,16,18H2,1-10H3,(H,37,41)(H,36,38,45). The number of carbonyl (C=O) groups is 5. The summed E-state index contributed by atoms with van der Waals surface area (Å²) in [6.07, 6.45) is -0.460. The average Bonchev–Trinajstić information content (AvgIpc) is 3.51. The Morgan fingerprint density at radius 2 is 1.66 bits per heavy atom. The maximum Gasteiger partial charge on any atom is 0.413 e. The number of methoxy groups -OCH3 is 1. The van der Waals surface area contributed by atoms with Gasteiger partial charge in [-0.3, -0.25) is 24.0 Å². The van der Waals surface area contributed by atoms with Crippen molar-refractivity contribution in [1.82, 2.24) is 15.2 Å². The van der Waals surface area contributed by atoms with E-state index in [1.807, 2.05) is 0 Å². The van der Waals surface area contributed by atoms with Crippen LogP contribution in [-0.2, 0) is 55.6 Å². The summed E-state index contributed by atoms with van der Waals surface area (Å²) in [4.78, 5) is 77.1. The fraction of sp³-hybridized carbons (Fsp3) is 0.514. The third-order valence-corrected chi connectivity index (χ3v) is 9.88. The number of amides is 3. The topological polar surface area (TPSA) is 201 Å². The second-order valence-electron chi connectivity index (χ2n) is 14.5. The number of oxime groups is 1. The molecular formula is C35H45N5O11S2. The summed E-state index contributed by atoms with van der Waals surface area (Å²) < 4.78 is 34.9. The van der Waals surface area contributed by atoms with Crippen LogP contribution >= 0.6 is 11.3 Å². The van der Waals surface area contributed by atoms with Gasteiger partial charge in [0.1, 0.15) is 46.4 Å². The summed E-state index contributed by atoms with van der Waals surface area (Å²) in [5.74, 6) is -2.60. The molecule has 288 valence electrons. The van der Waals surface area contributed by atoms with E-state index in [0.717, 1.165) is 16.2 Å². The molecule has 2 aliphatic rings. The van der Waals surface area contributed by atoms with Crippen molar-refractivity contribution in [3.63, 3.8) is 0 Å². The van der Waals surface area contributed by atoms with Crippen molar-refractivity contribution in [2.75, 3.05) is 18.2 Å². The number of nitrogens with one attached hydrogen (secondary N) is 2. The third-order valence-electron chi connectivity index (χ3n) is 7.47. The zero-order valence-corrected chi connectivity index (χ0v) is 32.9. The number of esters is 2. The van der Waals surface area contributed by atoms with Gasteiger partial charge in [-0.05, 0) is 85.1 Å². The molecule has 16 nitrogen and oxygen atoms in total. The van der Waals surface area contributed by atoms with Crippen LogP contribution in [0.1, 0.15) is 80.0 Å². The number of β-lactam (4-membered cyclic amide) rings is 1. The normalized spacial score (nSPS) is 19.1. The van der Waals surface area contributed by atoms with Crippen molar-refractivity contribution in [2.45, 2.75) is 104 Å². The maximum atomic E-state index is 13.9. The first-order chi connectivity index (χ1) is 24.6. The lowest BCUT2D eigenvalue weighted by Crippen LogP contribution is -2.74. The zero-order valence-electron chi connectivity index (χ0n) is 31.3. The van der Waals surface area contributed by atoms with Crippen molar-refractivity contribution in [1.29, 1.82) is 0 Å². The Kier molecular flexibility index (Phi) is 12.4. The van der Waals surface area contributed by atoms with Gasteiger partial charge in [0, 0.05) is 11.1 Å². The average molecular weight is 776 g/mol. The Labute approximate surface area is 314 Å². The highest BCUT2D eigenvalue weighted by molar-refractivity contribution is 7.86. The van der Waals surface area contributed by atoms with E-state index in [0.29, 0.717) is 23.3 Å². The van der Waals surface area contributed by atoms with E-state index in [1.54, 1.807) is 72.7 Å². The van der Waals surface area contributed by atoms with E-state index in [4.69, 9.17) is 23.8 Å². The monoisotopic (exact) mass is 775 g/mol. The summed E-state index contributed by atoms with van der Waals surface area (Å²) in [6.45, 7) is 14.6. The van der Waals surface area contributed by atoms with Gasteiger partial charge in [-0.25, -0.2) is 19.4 Å². The number of ether oxygens (including phenoxy) is 4. The number of carbonyl (C=O) groups excluding carboxylic acids is 5. The van der Waals surface area contributed by atoms with Gasteiger partial charge in [0.25, 0.3) is 11.8 Å². The van der Waals surface area contributed by atoms with E-state index in [9.17, 15) is 28.2 Å². The Balaban J connectivity index is 1.58. The van der Waals surface area contributed by atoms with Crippen molar-refractivity contribution >= 4 is 62.8 Å². The molecule has 0 aliphatic carbocycles. The summed E-state index contributed by atoms with van der Waals surface area (Å²) in [7, 11) is -0.171. The van der Waals surface area contributed by atoms with Crippen molar-refractivity contribution in [3.8, 4) is 5.75 Å². The highest BCUT2D eigenvalue weighted by Gasteiger charge is 2.57. The molecule has 3 unspecified atom stereocenters. The molecule has 3 amide bonds. The molecule has 2 aromatic rings. The van der Waals surface area contributed by atoms with Crippen molar-refractivity contribution in [3.05, 3.63) is 52.2 Å². The molecule has 1 aromatic heterocycles. The minimum Gasteiger partial charge on any atom is -0.497 e. The molecule has 0 radical (unpaired) electrons. The molecule has 0 saturated carbocycles. The van der Waals surface area contributed by atoms with Gasteiger partial charge in [0.15, 0.2) is 10.8 Å². The van der Waals surface area contributed by atoms with Crippen LogP contribution in [0.15, 0.2) is 46.1 Å². The van der Waals surface area contributed by atoms with Crippen molar-refractivity contribution < 1.29 is 52.0 Å². The minimum absolute atomic E-state index is 0.0187. The van der Waals surface area contributed by atoms with Gasteiger partial charge in [0.05, 0.1) is 17.9 Å². The number of anilines is 1. The lowest BCUT2D eigenvalue weighted by atomic mass is 10.0. The van der Waals surface area contributed by atoms with Crippen molar-refractivity contribution in [2.24, 2.45) is 5.16 Å². The molecule has 2 N–H and O–H groups in total. The van der Waals surface area contributed by atoms with Crippen LogP contribution < -0.4 is 15.4 Å². The van der Waals surface area contributed by atoms with Crippen LogP contribution in [0.2, 0.25) is 0 Å². The molecule has 3 heterocycles. The van der Waals surface area contributed by atoms with Gasteiger partial charge in [-0.1, -0.05) is 24.2 Å². The Bertz CT molecular complexity index is 1840. The number of nitrogens with zero attached hydrogens (tertiary/aromatic N) is 3. The smallest absolute Gasteiger partial charge is 0.413 e. The Morgan fingerprint density at radius 3 is 2.25 bits per heavy atom. The molecule has 2 aliphatic heterocycles. The van der Waals surface area contributed by atoms with Crippen LogP contribution in [0, 0.1) is 0 Å². The van der Waals surface area contributed by atoms with E-state index in [-0.39, 0.29) is 28.9 Å². The lowest BCUT2D eigenvalue weighted by Gasteiger charge is -2.49. The summed E-state index contributed by atoms with van der Waals surface area (Å²) in [5, 5.41) is 9.37. The second kappa shape index (κ2) is 16.0. The first-order valence-corrected chi connectivity index (χ1v) is 18.9. The van der Waals surface area contributed by atoms with Crippen LogP contribution in [0.25, 0.3) is 0 Å². The van der Waals surface area contributed by atoms with Gasteiger partial charge in [0.2, 0.25) is 5.60 Å². The lowest BCUT2D eigenvalue weighted by molar-refractivity contribution is -0.179. The molecule has 0 spiro atoms. The number of thiazole rings is 1. The molecule has 0 bridgehead atoms. The summed E-state index contributed by atoms with van der Waals surface area (Å²) in [5.41, 5.74) is -2.72. The molecule has 3 atom stereocenters. The largest absolute Gasteiger partial charge is 0.497 e. The van der Waals surface area contributed by atoms with Crippen LogP contribution in [0.4, 0.5) is 9.93 Å². The van der Waals surface area contributed by atoms with Gasteiger partial charge in [-0.2, -0.15) is 0 Å². The van der Waals surface area contributed by atoms with E-state index < -0.39 is 74.6 Å². The van der Waals surface area contributed by atoms with Crippen LogP contribution in [-0.4, -0.2) is 90.7 Å². The van der Waals surface area contributed by atoms with Gasteiger partial charge < -0.3 is 29.1 Å². The molecule has 1 fully saturated rings. The quantitative estimate of drug-likeness (QED) is 0.103. The number of benzene rings is 1. The number of fused-ring (bicyclic) bond motifs is 1. The number of rotatable bonds is 12. The van der Waals surface area contributed by atoms with Crippen LogP contribution in [0.5, 0.6) is 5.75 Å². The Morgan fingerprint density at radius 1 is 1.02 bits per heavy atom. The Hall–Kier alpha value is -4.84. The van der Waals surface area contributed by atoms with E-state index >= 15 is 0 Å². The van der Waals surface area contributed by atoms with E-state index in [1.165, 1.54) is 26.3 Å². The molecule has 18 heteroatoms. The predicted molar refractivity (Wildman–Crippen MR) is 195 cm³/mol. The molecule has 4 rings (SSSR count). The van der Waals surface area contributed by atoms with E-state index in [2.05, 4.69) is 20.8 Å². The first kappa shape index (κ1) is 40.9. The van der Waals surface area contributed by atoms with Crippen LogP contribution in [0.3, 0.4) is 0 Å². The zero-order chi connectivity index (χ0) is 39.5. The fourth-order valence-corrected chi connectivity index (χ4v) is 7.36. The second-order valence-corrected chi connectivity index (χ2v) is 16.9. The van der Waals surface area contributed by atoms with Gasteiger partial charge in [-0.15, -0.1) is 11.3 Å². The first-order valence-electron chi connectivity index (χ1n) is 16.6. The fourth-order valence-electron chi connectivity index (χ4n) is 4.89.